The van der Waals surface area contributed by atoms with Gasteiger partial charge < -0.3 is 16.0 Å². The van der Waals surface area contributed by atoms with Crippen molar-refractivity contribution in [2.45, 2.75) is 26.7 Å². The molecule has 3 N–H and O–H groups in total. The molecule has 1 aromatic carbocycles. The Labute approximate surface area is 130 Å². The molecule has 0 spiro atoms. The highest BCUT2D eigenvalue weighted by Crippen LogP contribution is 2.32. The zero-order valence-corrected chi connectivity index (χ0v) is 13.4. The van der Waals surface area contributed by atoms with Gasteiger partial charge in [0.1, 0.15) is 0 Å². The maximum absolute atomic E-state index is 11.9. The molecule has 1 aromatic rings. The highest BCUT2D eigenvalue weighted by Gasteiger charge is 2.11. The van der Waals surface area contributed by atoms with E-state index in [2.05, 4.69) is 24.1 Å². The molecule has 0 unspecified atom stereocenters. The minimum absolute atomic E-state index is 0.101. The number of anilines is 2. The number of rotatable bonds is 7. The Hall–Kier alpha value is -0.970. The van der Waals surface area contributed by atoms with Crippen LogP contribution in [0, 0.1) is 0 Å². The fourth-order valence-corrected chi connectivity index (χ4v) is 2.49. The molecule has 0 saturated heterocycles. The molecular weight excluding hydrogens is 297 g/mol. The van der Waals surface area contributed by atoms with Crippen molar-refractivity contribution in [3.05, 3.63) is 22.2 Å². The van der Waals surface area contributed by atoms with Crippen molar-refractivity contribution in [1.29, 1.82) is 0 Å². The van der Waals surface area contributed by atoms with Crippen LogP contribution in [0.15, 0.2) is 12.1 Å². The number of carbonyl (C=O) groups is 1. The van der Waals surface area contributed by atoms with Crippen LogP contribution in [0.5, 0.6) is 0 Å². The zero-order valence-electron chi connectivity index (χ0n) is 11.9. The molecule has 0 fully saturated rings. The summed E-state index contributed by atoms with van der Waals surface area (Å²) in [7, 11) is 0. The molecule has 0 aromatic heterocycles. The summed E-state index contributed by atoms with van der Waals surface area (Å²) in [6, 6.07) is 3.13. The number of amides is 1. The van der Waals surface area contributed by atoms with E-state index in [1.807, 2.05) is 0 Å². The molecule has 0 heterocycles. The Morgan fingerprint density at radius 2 is 2.00 bits per heavy atom. The summed E-state index contributed by atoms with van der Waals surface area (Å²) in [6.07, 6.45) is 1.48. The molecular formula is C14H21Cl2N3O. The van der Waals surface area contributed by atoms with Crippen LogP contribution in [0.25, 0.3) is 0 Å². The second-order valence-electron chi connectivity index (χ2n) is 4.58. The standard InChI is InChI=1S/C14H21Cl2N3O/c1-3-6-19(4-2)7-5-13(20)18-14-11(16)8-10(15)9-12(14)17/h8-9H,3-7,17H2,1-2H3,(H,18,20). The number of nitrogens with two attached hydrogens (primary N) is 1. The van der Waals surface area contributed by atoms with Gasteiger partial charge in [-0.25, -0.2) is 0 Å². The SMILES string of the molecule is CCCN(CC)CCC(=O)Nc1c(N)cc(Cl)cc1Cl. The molecule has 0 bridgehead atoms. The summed E-state index contributed by atoms with van der Waals surface area (Å²) >= 11 is 11.9. The highest BCUT2D eigenvalue weighted by atomic mass is 35.5. The molecule has 0 aliphatic carbocycles. The van der Waals surface area contributed by atoms with Crippen LogP contribution in [0.4, 0.5) is 11.4 Å². The van der Waals surface area contributed by atoms with Gasteiger partial charge in [0.05, 0.1) is 16.4 Å². The van der Waals surface area contributed by atoms with Crippen molar-refractivity contribution in [3.8, 4) is 0 Å². The van der Waals surface area contributed by atoms with Gasteiger partial charge in [0.2, 0.25) is 5.91 Å². The van der Waals surface area contributed by atoms with Gasteiger partial charge in [0.15, 0.2) is 0 Å². The first-order valence-corrected chi connectivity index (χ1v) is 7.50. The first kappa shape index (κ1) is 17.1. The van der Waals surface area contributed by atoms with E-state index in [0.29, 0.717) is 27.8 Å². The van der Waals surface area contributed by atoms with E-state index in [-0.39, 0.29) is 5.91 Å². The summed E-state index contributed by atoms with van der Waals surface area (Å²) in [5.74, 6) is -0.101. The van der Waals surface area contributed by atoms with Gasteiger partial charge in [-0.1, -0.05) is 37.0 Å². The topological polar surface area (TPSA) is 58.4 Å². The smallest absolute Gasteiger partial charge is 0.225 e. The number of nitrogens with one attached hydrogen (secondary N) is 1. The average molecular weight is 318 g/mol. The zero-order chi connectivity index (χ0) is 15.1. The monoisotopic (exact) mass is 317 g/mol. The lowest BCUT2D eigenvalue weighted by Gasteiger charge is -2.19. The van der Waals surface area contributed by atoms with E-state index in [9.17, 15) is 4.79 Å². The van der Waals surface area contributed by atoms with Crippen LogP contribution in [0.1, 0.15) is 26.7 Å². The number of hydrogen-bond donors (Lipinski definition) is 2. The summed E-state index contributed by atoms with van der Waals surface area (Å²) in [4.78, 5) is 14.2. The van der Waals surface area contributed by atoms with Gasteiger partial charge in [0, 0.05) is 18.0 Å². The van der Waals surface area contributed by atoms with Crippen molar-refractivity contribution >= 4 is 40.5 Å². The van der Waals surface area contributed by atoms with Gasteiger partial charge in [-0.2, -0.15) is 0 Å². The lowest BCUT2D eigenvalue weighted by Crippen LogP contribution is -2.28. The summed E-state index contributed by atoms with van der Waals surface area (Å²) < 4.78 is 0. The molecule has 6 heteroatoms. The van der Waals surface area contributed by atoms with E-state index in [4.69, 9.17) is 28.9 Å². The molecule has 4 nitrogen and oxygen atoms in total. The molecule has 112 valence electrons. The maximum Gasteiger partial charge on any atom is 0.225 e. The van der Waals surface area contributed by atoms with Crippen molar-refractivity contribution < 1.29 is 4.79 Å². The Kier molecular flexibility index (Phi) is 7.13. The molecule has 20 heavy (non-hydrogen) atoms. The third kappa shape index (κ3) is 5.19. The highest BCUT2D eigenvalue weighted by molar-refractivity contribution is 6.37. The van der Waals surface area contributed by atoms with E-state index in [1.54, 1.807) is 12.1 Å². The Bertz CT molecular complexity index is 443. The van der Waals surface area contributed by atoms with Crippen molar-refractivity contribution in [2.24, 2.45) is 0 Å². The van der Waals surface area contributed by atoms with Crippen LogP contribution in [0.3, 0.4) is 0 Å². The summed E-state index contributed by atoms with van der Waals surface area (Å²) in [6.45, 7) is 6.86. The Morgan fingerprint density at radius 3 is 2.55 bits per heavy atom. The van der Waals surface area contributed by atoms with E-state index in [1.165, 1.54) is 0 Å². The first-order valence-electron chi connectivity index (χ1n) is 6.74. The Balaban J connectivity index is 2.59. The normalized spacial score (nSPS) is 10.8. The van der Waals surface area contributed by atoms with Crippen LogP contribution in [-0.2, 0) is 4.79 Å². The van der Waals surface area contributed by atoms with Crippen LogP contribution < -0.4 is 11.1 Å². The fraction of sp³-hybridized carbons (Fsp3) is 0.500. The molecule has 0 radical (unpaired) electrons. The molecule has 0 aliphatic heterocycles. The fourth-order valence-electron chi connectivity index (χ4n) is 1.93. The quantitative estimate of drug-likeness (QED) is 0.755. The number of nitrogen functional groups attached to an aromatic ring is 1. The number of hydrogen-bond acceptors (Lipinski definition) is 3. The summed E-state index contributed by atoms with van der Waals surface area (Å²) in [5, 5.41) is 3.55. The van der Waals surface area contributed by atoms with E-state index < -0.39 is 0 Å². The summed E-state index contributed by atoms with van der Waals surface area (Å²) in [5.41, 5.74) is 6.61. The molecule has 1 amide bonds. The third-order valence-electron chi connectivity index (χ3n) is 2.99. The molecule has 0 atom stereocenters. The molecule has 1 rings (SSSR count). The Morgan fingerprint density at radius 1 is 1.30 bits per heavy atom. The number of halogens is 2. The van der Waals surface area contributed by atoms with Gasteiger partial charge in [-0.3, -0.25) is 4.79 Å². The van der Waals surface area contributed by atoms with E-state index in [0.717, 1.165) is 26.1 Å². The minimum atomic E-state index is -0.101. The number of nitrogens with zero attached hydrogens (tertiary/aromatic N) is 1. The van der Waals surface area contributed by atoms with Gasteiger partial charge >= 0.3 is 0 Å². The number of benzene rings is 1. The maximum atomic E-state index is 11.9. The lowest BCUT2D eigenvalue weighted by molar-refractivity contribution is -0.116. The minimum Gasteiger partial charge on any atom is -0.397 e. The molecule has 0 aliphatic rings. The van der Waals surface area contributed by atoms with Crippen LogP contribution in [0.2, 0.25) is 10.0 Å². The van der Waals surface area contributed by atoms with Crippen molar-refractivity contribution in [3.63, 3.8) is 0 Å². The first-order chi connectivity index (χ1) is 9.47. The molecule has 0 saturated carbocycles. The van der Waals surface area contributed by atoms with Crippen LogP contribution in [-0.4, -0.2) is 30.4 Å². The van der Waals surface area contributed by atoms with Crippen molar-refractivity contribution in [2.75, 3.05) is 30.7 Å². The lowest BCUT2D eigenvalue weighted by atomic mass is 10.2. The van der Waals surface area contributed by atoms with Crippen LogP contribution >= 0.6 is 23.2 Å². The predicted octanol–water partition coefficient (Wildman–Crippen LogP) is 3.64. The second kappa shape index (κ2) is 8.35. The largest absolute Gasteiger partial charge is 0.397 e. The average Bonchev–Trinajstić information content (AvgIpc) is 2.38. The van der Waals surface area contributed by atoms with Crippen molar-refractivity contribution in [1.82, 2.24) is 4.90 Å². The predicted molar refractivity (Wildman–Crippen MR) is 86.5 cm³/mol. The van der Waals surface area contributed by atoms with Gasteiger partial charge in [0.25, 0.3) is 0 Å². The van der Waals surface area contributed by atoms with Gasteiger partial charge in [-0.15, -0.1) is 0 Å². The third-order valence-corrected chi connectivity index (χ3v) is 3.51. The van der Waals surface area contributed by atoms with Gasteiger partial charge in [-0.05, 0) is 31.6 Å². The second-order valence-corrected chi connectivity index (χ2v) is 5.43. The van der Waals surface area contributed by atoms with E-state index >= 15 is 0 Å². The number of carbonyl (C=O) groups excluding carboxylic acids is 1.